The summed E-state index contributed by atoms with van der Waals surface area (Å²) in [5.41, 5.74) is 0.998. The molecule has 0 aromatic carbocycles. The van der Waals surface area contributed by atoms with E-state index in [-0.39, 0.29) is 50.7 Å². The van der Waals surface area contributed by atoms with E-state index in [1.807, 2.05) is 6.08 Å². The van der Waals surface area contributed by atoms with Crippen LogP contribution >= 0.6 is 0 Å². The van der Waals surface area contributed by atoms with Crippen LogP contribution in [0.5, 0.6) is 0 Å². The standard InChI is InChI=1S/C32H45NO3/c1-27(2)11-13-32(26(35)36-8)14-12-31(7)25(21(32)18-27)22(34)15-24-29(5)17-20(19-33)16-28(3,4)23(29)9-10-30(24,31)6/h15,17,21,23,25H,9-14,16,18H2,1-8H3/t21-,23-,25-,29-,30+,31+,32-/m0/s1. The maximum atomic E-state index is 14.4. The molecule has 0 N–H and O–H groups in total. The van der Waals surface area contributed by atoms with Crippen LogP contribution in [-0.4, -0.2) is 18.9 Å². The summed E-state index contributed by atoms with van der Waals surface area (Å²) in [6.45, 7) is 16.2. The third kappa shape index (κ3) is 3.10. The molecule has 0 spiro atoms. The second kappa shape index (κ2) is 7.58. The molecule has 196 valence electrons. The molecule has 0 amide bonds. The van der Waals surface area contributed by atoms with Gasteiger partial charge in [0.1, 0.15) is 0 Å². The van der Waals surface area contributed by atoms with Gasteiger partial charge in [-0.2, -0.15) is 5.26 Å². The zero-order valence-electron chi connectivity index (χ0n) is 23.7. The normalized spacial score (nSPS) is 46.5. The molecule has 0 aromatic rings. The highest BCUT2D eigenvalue weighted by molar-refractivity contribution is 5.96. The Morgan fingerprint density at radius 2 is 1.69 bits per heavy atom. The number of carbonyl (C=O) groups is 2. The summed E-state index contributed by atoms with van der Waals surface area (Å²) in [5, 5.41) is 9.91. The van der Waals surface area contributed by atoms with E-state index in [0.717, 1.165) is 56.9 Å². The smallest absolute Gasteiger partial charge is 0.312 e. The number of hydrogen-bond donors (Lipinski definition) is 0. The molecule has 0 heterocycles. The average molecular weight is 492 g/mol. The fraction of sp³-hybridized carbons (Fsp3) is 0.781. The molecule has 4 nitrogen and oxygen atoms in total. The average Bonchev–Trinajstić information content (AvgIpc) is 2.78. The molecule has 3 fully saturated rings. The molecule has 3 saturated carbocycles. The minimum Gasteiger partial charge on any atom is -0.469 e. The number of fused-ring (bicyclic) bond motifs is 7. The summed E-state index contributed by atoms with van der Waals surface area (Å²) in [4.78, 5) is 27.7. The predicted molar refractivity (Wildman–Crippen MR) is 141 cm³/mol. The second-order valence-corrected chi connectivity index (χ2v) is 15.1. The van der Waals surface area contributed by atoms with E-state index < -0.39 is 5.41 Å². The lowest BCUT2D eigenvalue weighted by molar-refractivity contribution is -0.191. The number of esters is 1. The van der Waals surface area contributed by atoms with Crippen molar-refractivity contribution >= 4 is 11.8 Å². The van der Waals surface area contributed by atoms with Gasteiger partial charge >= 0.3 is 5.97 Å². The Morgan fingerprint density at radius 3 is 2.33 bits per heavy atom. The van der Waals surface area contributed by atoms with Gasteiger partial charge in [-0.25, -0.2) is 0 Å². The van der Waals surface area contributed by atoms with Crippen molar-refractivity contribution < 1.29 is 14.3 Å². The van der Waals surface area contributed by atoms with E-state index in [1.165, 1.54) is 12.7 Å². The summed E-state index contributed by atoms with van der Waals surface area (Å²) >= 11 is 0. The first-order valence-electron chi connectivity index (χ1n) is 14.1. The maximum absolute atomic E-state index is 14.4. The lowest BCUT2D eigenvalue weighted by Gasteiger charge is -2.69. The van der Waals surface area contributed by atoms with Crippen LogP contribution in [-0.2, 0) is 14.3 Å². The van der Waals surface area contributed by atoms with Gasteiger partial charge in [-0.3, -0.25) is 9.59 Å². The third-order valence-corrected chi connectivity index (χ3v) is 12.4. The highest BCUT2D eigenvalue weighted by Crippen LogP contribution is 2.74. The summed E-state index contributed by atoms with van der Waals surface area (Å²) in [6, 6.07) is 2.47. The molecule has 5 aliphatic rings. The Hall–Kier alpha value is -1.89. The van der Waals surface area contributed by atoms with Crippen molar-refractivity contribution in [1.29, 1.82) is 5.26 Å². The first kappa shape index (κ1) is 25.7. The lowest BCUT2D eigenvalue weighted by Crippen LogP contribution is -2.65. The molecule has 0 radical (unpaired) electrons. The van der Waals surface area contributed by atoms with Crippen molar-refractivity contribution in [2.24, 2.45) is 50.2 Å². The topological polar surface area (TPSA) is 67.2 Å². The quantitative estimate of drug-likeness (QED) is 0.364. The van der Waals surface area contributed by atoms with Crippen LogP contribution in [0, 0.1) is 61.6 Å². The first-order valence-corrected chi connectivity index (χ1v) is 14.1. The van der Waals surface area contributed by atoms with Crippen molar-refractivity contribution in [2.75, 3.05) is 7.11 Å². The molecule has 36 heavy (non-hydrogen) atoms. The lowest BCUT2D eigenvalue weighted by atomic mass is 9.34. The van der Waals surface area contributed by atoms with Gasteiger partial charge in [0.15, 0.2) is 5.78 Å². The number of nitriles is 1. The number of ether oxygens (including phenoxy) is 1. The predicted octanol–water partition coefficient (Wildman–Crippen LogP) is 7.20. The van der Waals surface area contributed by atoms with Crippen LogP contribution in [0.1, 0.15) is 99.8 Å². The van der Waals surface area contributed by atoms with Crippen LogP contribution in [0.2, 0.25) is 0 Å². The fourth-order valence-corrected chi connectivity index (χ4v) is 10.4. The number of ketones is 1. The SMILES string of the molecule is COC(=O)[C@]12CCC(C)(C)C[C@H]1[C@H]1C(=O)C=C3[C@@]4(C)C=C(C#N)CC(C)(C)[C@@H]4CC[C@@]3(C)[C@]1(C)CC2. The molecular formula is C32H45NO3. The highest BCUT2D eigenvalue weighted by atomic mass is 16.5. The van der Waals surface area contributed by atoms with Crippen molar-refractivity contribution in [3.8, 4) is 6.07 Å². The van der Waals surface area contributed by atoms with Crippen LogP contribution in [0.3, 0.4) is 0 Å². The highest BCUT2D eigenvalue weighted by Gasteiger charge is 2.70. The monoisotopic (exact) mass is 491 g/mol. The summed E-state index contributed by atoms with van der Waals surface area (Å²) in [7, 11) is 1.51. The van der Waals surface area contributed by atoms with E-state index in [1.54, 1.807) is 0 Å². The van der Waals surface area contributed by atoms with Crippen LogP contribution < -0.4 is 0 Å². The minimum absolute atomic E-state index is 0.00751. The van der Waals surface area contributed by atoms with Crippen molar-refractivity contribution in [3.63, 3.8) is 0 Å². The van der Waals surface area contributed by atoms with E-state index in [4.69, 9.17) is 4.74 Å². The number of allylic oxidation sites excluding steroid dienone is 4. The van der Waals surface area contributed by atoms with Gasteiger partial charge in [0.2, 0.25) is 0 Å². The van der Waals surface area contributed by atoms with Gasteiger partial charge in [0, 0.05) is 16.9 Å². The molecule has 0 aromatic heterocycles. The molecule has 7 atom stereocenters. The van der Waals surface area contributed by atoms with Crippen molar-refractivity contribution in [2.45, 2.75) is 99.8 Å². The van der Waals surface area contributed by atoms with Crippen molar-refractivity contribution in [1.82, 2.24) is 0 Å². The fourth-order valence-electron chi connectivity index (χ4n) is 10.4. The van der Waals surface area contributed by atoms with Gasteiger partial charge in [-0.15, -0.1) is 0 Å². The Kier molecular flexibility index (Phi) is 5.42. The van der Waals surface area contributed by atoms with E-state index in [0.29, 0.717) is 5.92 Å². The Bertz CT molecular complexity index is 1120. The van der Waals surface area contributed by atoms with Crippen molar-refractivity contribution in [3.05, 3.63) is 23.3 Å². The van der Waals surface area contributed by atoms with Crippen LogP contribution in [0.4, 0.5) is 0 Å². The molecule has 0 bridgehead atoms. The van der Waals surface area contributed by atoms with Gasteiger partial charge in [-0.05, 0) is 90.9 Å². The number of rotatable bonds is 1. The van der Waals surface area contributed by atoms with Gasteiger partial charge in [-0.1, -0.05) is 60.1 Å². The van der Waals surface area contributed by atoms with E-state index in [2.05, 4.69) is 60.6 Å². The molecule has 4 heteroatoms. The Balaban J connectivity index is 1.69. The molecular weight excluding hydrogens is 446 g/mol. The molecule has 5 aliphatic carbocycles. The number of nitrogens with zero attached hydrogens (tertiary/aromatic N) is 1. The number of carbonyl (C=O) groups excluding carboxylic acids is 2. The summed E-state index contributed by atoms with van der Waals surface area (Å²) < 4.78 is 5.43. The Morgan fingerprint density at radius 1 is 1.03 bits per heavy atom. The number of hydrogen-bond acceptors (Lipinski definition) is 4. The minimum atomic E-state index is -0.548. The molecule has 5 rings (SSSR count). The number of methoxy groups -OCH3 is 1. The van der Waals surface area contributed by atoms with E-state index in [9.17, 15) is 14.9 Å². The summed E-state index contributed by atoms with van der Waals surface area (Å²) in [5.74, 6) is 0.339. The van der Waals surface area contributed by atoms with Gasteiger partial charge < -0.3 is 4.74 Å². The largest absolute Gasteiger partial charge is 0.469 e. The molecule has 0 saturated heterocycles. The molecule has 0 unspecified atom stereocenters. The van der Waals surface area contributed by atoms with Crippen LogP contribution in [0.15, 0.2) is 23.3 Å². The van der Waals surface area contributed by atoms with Crippen LogP contribution in [0.25, 0.3) is 0 Å². The Labute approximate surface area is 217 Å². The van der Waals surface area contributed by atoms with Gasteiger partial charge in [0.05, 0.1) is 18.6 Å². The third-order valence-electron chi connectivity index (χ3n) is 12.4. The molecule has 0 aliphatic heterocycles. The van der Waals surface area contributed by atoms with Gasteiger partial charge in [0.25, 0.3) is 0 Å². The second-order valence-electron chi connectivity index (χ2n) is 15.1. The zero-order valence-corrected chi connectivity index (χ0v) is 23.7. The maximum Gasteiger partial charge on any atom is 0.312 e. The zero-order chi connectivity index (χ0) is 26.5. The summed E-state index contributed by atoms with van der Waals surface area (Å²) in [6.07, 6.45) is 11.5. The van der Waals surface area contributed by atoms with E-state index >= 15 is 0 Å². The first-order chi connectivity index (χ1) is 16.6.